The van der Waals surface area contributed by atoms with E-state index in [0.29, 0.717) is 10.6 Å². The summed E-state index contributed by atoms with van der Waals surface area (Å²) in [6, 6.07) is 11.2. The predicted molar refractivity (Wildman–Crippen MR) is 129 cm³/mol. The second kappa shape index (κ2) is 8.39. The number of sulfonamides is 1. The molecule has 166 valence electrons. The average molecular weight is 462 g/mol. The van der Waals surface area contributed by atoms with Crippen molar-refractivity contribution < 1.29 is 17.9 Å². The van der Waals surface area contributed by atoms with E-state index >= 15 is 0 Å². The number of hydrogen-bond acceptors (Lipinski definition) is 6. The first-order valence-corrected chi connectivity index (χ1v) is 12.4. The van der Waals surface area contributed by atoms with E-state index in [9.17, 15) is 13.2 Å². The van der Waals surface area contributed by atoms with Gasteiger partial charge in [-0.05, 0) is 40.6 Å². The number of nitrogens with one attached hydrogen (secondary N) is 3. The molecule has 0 aliphatic rings. The van der Waals surface area contributed by atoms with E-state index in [1.54, 1.807) is 6.07 Å². The van der Waals surface area contributed by atoms with Gasteiger partial charge in [-0.3, -0.25) is 9.52 Å². The number of fused-ring (bicyclic) bond motifs is 1. The minimum Gasteiger partial charge on any atom is -0.492 e. The van der Waals surface area contributed by atoms with Crippen molar-refractivity contribution in [3.8, 4) is 5.75 Å². The number of ether oxygens (including phenoxy) is 1. The third-order valence-corrected chi connectivity index (χ3v) is 6.51. The normalized spacial score (nSPS) is 11.9. The maximum atomic E-state index is 13.1. The molecule has 0 atom stereocenters. The number of hydrogen-bond donors (Lipinski definition) is 3. The fourth-order valence-electron chi connectivity index (χ4n) is 3.21. The number of carbonyl (C=O) groups is 1. The molecule has 1 heterocycles. The molecular weight excluding hydrogens is 434 g/mol. The summed E-state index contributed by atoms with van der Waals surface area (Å²) in [6.07, 6.45) is 1.07. The molecule has 7 nitrogen and oxygen atoms in total. The number of thiophene rings is 1. The lowest BCUT2D eigenvalue weighted by Gasteiger charge is -2.23. The number of amides is 1. The van der Waals surface area contributed by atoms with Gasteiger partial charge in [0.2, 0.25) is 10.0 Å². The monoisotopic (exact) mass is 461 g/mol. The molecule has 0 saturated heterocycles. The van der Waals surface area contributed by atoms with Gasteiger partial charge in [0, 0.05) is 7.05 Å². The van der Waals surface area contributed by atoms with Crippen molar-refractivity contribution in [2.24, 2.45) is 0 Å². The van der Waals surface area contributed by atoms with Crippen LogP contribution in [0.4, 0.5) is 17.1 Å². The molecule has 0 saturated carbocycles. The smallest absolute Gasteiger partial charge is 0.265 e. The second-order valence-corrected chi connectivity index (χ2v) is 11.1. The standard InChI is InChI=1S/C22H27N3O4S2/c1-22(2,3)14-11-16(19(29-5)17(12-14)25-31(6,27)28)24-21(26)18-10-13-8-7-9-15(23-4)20(13)30-18/h7-12,23,25H,1-6H3,(H,24,26). The number of carbonyl (C=O) groups excluding carboxylic acids is 1. The number of methoxy groups -OCH3 is 1. The lowest BCUT2D eigenvalue weighted by atomic mass is 9.86. The molecular formula is C22H27N3O4S2. The molecule has 0 spiro atoms. The number of rotatable bonds is 6. The zero-order valence-electron chi connectivity index (χ0n) is 18.4. The van der Waals surface area contributed by atoms with E-state index in [1.165, 1.54) is 18.4 Å². The Morgan fingerprint density at radius 1 is 1.06 bits per heavy atom. The van der Waals surface area contributed by atoms with Crippen molar-refractivity contribution in [3.05, 3.63) is 46.8 Å². The Morgan fingerprint density at radius 3 is 2.32 bits per heavy atom. The lowest BCUT2D eigenvalue weighted by molar-refractivity contribution is 0.103. The van der Waals surface area contributed by atoms with Crippen LogP contribution in [-0.4, -0.2) is 34.7 Å². The zero-order chi connectivity index (χ0) is 23.0. The van der Waals surface area contributed by atoms with Crippen molar-refractivity contribution in [2.45, 2.75) is 26.2 Å². The molecule has 3 N–H and O–H groups in total. The van der Waals surface area contributed by atoms with Gasteiger partial charge in [0.1, 0.15) is 0 Å². The number of benzene rings is 2. The van der Waals surface area contributed by atoms with Crippen LogP contribution >= 0.6 is 11.3 Å². The summed E-state index contributed by atoms with van der Waals surface area (Å²) in [4.78, 5) is 13.6. The zero-order valence-corrected chi connectivity index (χ0v) is 20.0. The Kier molecular flexibility index (Phi) is 6.20. The second-order valence-electron chi connectivity index (χ2n) is 8.27. The fraction of sp³-hybridized carbons (Fsp3) is 0.318. The molecule has 1 amide bonds. The first-order chi connectivity index (χ1) is 14.4. The van der Waals surface area contributed by atoms with Crippen molar-refractivity contribution in [1.82, 2.24) is 0 Å². The van der Waals surface area contributed by atoms with E-state index < -0.39 is 10.0 Å². The van der Waals surface area contributed by atoms with E-state index in [-0.39, 0.29) is 22.8 Å². The summed E-state index contributed by atoms with van der Waals surface area (Å²) in [5, 5.41) is 7.01. The summed E-state index contributed by atoms with van der Waals surface area (Å²) in [5.74, 6) is -0.0401. The molecule has 0 bridgehead atoms. The summed E-state index contributed by atoms with van der Waals surface area (Å²) in [6.45, 7) is 6.03. The summed E-state index contributed by atoms with van der Waals surface area (Å²) in [5.41, 5.74) is 2.20. The van der Waals surface area contributed by atoms with Crippen LogP contribution in [0.25, 0.3) is 10.1 Å². The van der Waals surface area contributed by atoms with Crippen LogP contribution < -0.4 is 20.1 Å². The van der Waals surface area contributed by atoms with E-state index in [2.05, 4.69) is 15.4 Å². The van der Waals surface area contributed by atoms with Crippen LogP contribution in [0.5, 0.6) is 5.75 Å². The lowest BCUT2D eigenvalue weighted by Crippen LogP contribution is -2.18. The molecule has 3 aromatic rings. The molecule has 31 heavy (non-hydrogen) atoms. The fourth-order valence-corrected chi connectivity index (χ4v) is 4.83. The van der Waals surface area contributed by atoms with Crippen molar-refractivity contribution in [2.75, 3.05) is 35.8 Å². The Bertz CT molecular complexity index is 1240. The number of anilines is 3. The van der Waals surface area contributed by atoms with Gasteiger partial charge in [0.25, 0.3) is 5.91 Å². The molecule has 0 aliphatic heterocycles. The largest absolute Gasteiger partial charge is 0.492 e. The highest BCUT2D eigenvalue weighted by Gasteiger charge is 2.23. The highest BCUT2D eigenvalue weighted by molar-refractivity contribution is 7.92. The Balaban J connectivity index is 2.07. The first-order valence-electron chi connectivity index (χ1n) is 9.65. The third-order valence-electron chi connectivity index (χ3n) is 4.74. The summed E-state index contributed by atoms with van der Waals surface area (Å²) in [7, 11) is -0.263. The van der Waals surface area contributed by atoms with Gasteiger partial charge in [0.15, 0.2) is 5.75 Å². The van der Waals surface area contributed by atoms with Crippen LogP contribution in [0.1, 0.15) is 36.0 Å². The molecule has 0 fully saturated rings. The maximum Gasteiger partial charge on any atom is 0.265 e. The van der Waals surface area contributed by atoms with Crippen LogP contribution in [0, 0.1) is 0 Å². The van der Waals surface area contributed by atoms with Gasteiger partial charge >= 0.3 is 0 Å². The topological polar surface area (TPSA) is 96.5 Å². The van der Waals surface area contributed by atoms with E-state index in [4.69, 9.17) is 4.74 Å². The van der Waals surface area contributed by atoms with Crippen molar-refractivity contribution in [1.29, 1.82) is 0 Å². The molecule has 0 unspecified atom stereocenters. The Labute approximate surface area is 186 Å². The molecule has 3 rings (SSSR count). The van der Waals surface area contributed by atoms with Gasteiger partial charge in [0.05, 0.1) is 40.0 Å². The van der Waals surface area contributed by atoms with Crippen LogP contribution in [-0.2, 0) is 15.4 Å². The average Bonchev–Trinajstić information content (AvgIpc) is 3.10. The van der Waals surface area contributed by atoms with Crippen molar-refractivity contribution in [3.63, 3.8) is 0 Å². The molecule has 0 aliphatic carbocycles. The molecule has 2 aromatic carbocycles. The Hall–Kier alpha value is -2.78. The molecule has 0 radical (unpaired) electrons. The SMILES string of the molecule is CNc1cccc2cc(C(=O)Nc3cc(C(C)(C)C)cc(NS(C)(=O)=O)c3OC)sc12. The van der Waals surface area contributed by atoms with Crippen molar-refractivity contribution >= 4 is 54.4 Å². The van der Waals surface area contributed by atoms with E-state index in [0.717, 1.165) is 27.6 Å². The van der Waals surface area contributed by atoms with Gasteiger partial charge < -0.3 is 15.4 Å². The van der Waals surface area contributed by atoms with Gasteiger partial charge in [-0.1, -0.05) is 32.9 Å². The van der Waals surface area contributed by atoms with Gasteiger partial charge in [-0.15, -0.1) is 11.3 Å². The van der Waals surface area contributed by atoms with Crippen LogP contribution in [0.3, 0.4) is 0 Å². The maximum absolute atomic E-state index is 13.1. The predicted octanol–water partition coefficient (Wildman–Crippen LogP) is 4.87. The first kappa shape index (κ1) is 22.9. The highest BCUT2D eigenvalue weighted by Crippen LogP contribution is 2.40. The van der Waals surface area contributed by atoms with Gasteiger partial charge in [-0.2, -0.15) is 0 Å². The minimum atomic E-state index is -3.54. The summed E-state index contributed by atoms with van der Waals surface area (Å²) < 4.78 is 32.7. The summed E-state index contributed by atoms with van der Waals surface area (Å²) >= 11 is 1.39. The third kappa shape index (κ3) is 5.11. The molecule has 1 aromatic heterocycles. The quantitative estimate of drug-likeness (QED) is 0.486. The molecule has 9 heteroatoms. The van der Waals surface area contributed by atoms with E-state index in [1.807, 2.05) is 58.2 Å². The van der Waals surface area contributed by atoms with Crippen LogP contribution in [0.2, 0.25) is 0 Å². The Morgan fingerprint density at radius 2 is 1.74 bits per heavy atom. The minimum absolute atomic E-state index is 0.254. The van der Waals surface area contributed by atoms with Gasteiger partial charge in [-0.25, -0.2) is 8.42 Å². The van der Waals surface area contributed by atoms with Crippen LogP contribution in [0.15, 0.2) is 36.4 Å². The highest BCUT2D eigenvalue weighted by atomic mass is 32.2.